The molecule has 0 amide bonds. The minimum Gasteiger partial charge on any atom is -0.492 e. The van der Waals surface area contributed by atoms with Crippen LogP contribution in [0.2, 0.25) is 0 Å². The zero-order chi connectivity index (χ0) is 24.0. The van der Waals surface area contributed by atoms with Crippen molar-refractivity contribution < 1.29 is 9.47 Å². The van der Waals surface area contributed by atoms with Gasteiger partial charge in [0.15, 0.2) is 5.82 Å². The number of hydrogen-bond donors (Lipinski definition) is 3. The number of aryl methyl sites for hydroxylation is 1. The molecule has 1 aliphatic heterocycles. The molecule has 5 rings (SSSR count). The fourth-order valence-corrected chi connectivity index (χ4v) is 4.02. The molecule has 0 bridgehead atoms. The van der Waals surface area contributed by atoms with E-state index >= 15 is 0 Å². The van der Waals surface area contributed by atoms with Gasteiger partial charge >= 0.3 is 0 Å². The van der Waals surface area contributed by atoms with Crippen LogP contribution in [0.3, 0.4) is 0 Å². The summed E-state index contributed by atoms with van der Waals surface area (Å²) < 4.78 is 11.3. The Kier molecular flexibility index (Phi) is 6.75. The van der Waals surface area contributed by atoms with E-state index in [1.807, 2.05) is 49.4 Å². The standard InChI is InChI=1S/C26H27N7O2/c1-18-13-19-14-22(5-6-24(19)29-18)30-25-20(16-27)17-28-26(32-25)31-21-3-2-4-23(15-21)35-12-9-33-7-10-34-11-8-33/h2-6,13-15,17,29H,7-12H2,1H3,(H2,28,30,31,32). The number of hydrogen-bond acceptors (Lipinski definition) is 8. The fourth-order valence-electron chi connectivity index (χ4n) is 4.02. The number of H-pyrrole nitrogens is 1. The van der Waals surface area contributed by atoms with Gasteiger partial charge in [-0.3, -0.25) is 4.90 Å². The molecule has 0 atom stereocenters. The number of nitrogens with one attached hydrogen (secondary N) is 3. The van der Waals surface area contributed by atoms with Crippen molar-refractivity contribution in [3.8, 4) is 11.8 Å². The summed E-state index contributed by atoms with van der Waals surface area (Å²) in [5.74, 6) is 1.59. The lowest BCUT2D eigenvalue weighted by Gasteiger charge is -2.26. The first-order valence-electron chi connectivity index (χ1n) is 11.6. The lowest BCUT2D eigenvalue weighted by Crippen LogP contribution is -2.38. The van der Waals surface area contributed by atoms with Crippen molar-refractivity contribution in [2.75, 3.05) is 50.1 Å². The smallest absolute Gasteiger partial charge is 0.229 e. The van der Waals surface area contributed by atoms with Crippen molar-refractivity contribution in [2.45, 2.75) is 6.92 Å². The lowest BCUT2D eigenvalue weighted by molar-refractivity contribution is 0.0322. The third-order valence-electron chi connectivity index (χ3n) is 5.80. The van der Waals surface area contributed by atoms with Crippen LogP contribution in [0.15, 0.2) is 54.7 Å². The van der Waals surface area contributed by atoms with Crippen molar-refractivity contribution in [3.63, 3.8) is 0 Å². The summed E-state index contributed by atoms with van der Waals surface area (Å²) in [7, 11) is 0. The van der Waals surface area contributed by atoms with Crippen molar-refractivity contribution in [1.82, 2.24) is 19.9 Å². The van der Waals surface area contributed by atoms with E-state index in [9.17, 15) is 5.26 Å². The molecule has 9 heteroatoms. The van der Waals surface area contributed by atoms with E-state index in [4.69, 9.17) is 9.47 Å². The fraction of sp³-hybridized carbons (Fsp3) is 0.269. The number of anilines is 4. The van der Waals surface area contributed by atoms with Crippen LogP contribution in [0.5, 0.6) is 5.75 Å². The molecule has 0 radical (unpaired) electrons. The molecule has 178 valence electrons. The van der Waals surface area contributed by atoms with E-state index in [0.717, 1.165) is 66.6 Å². The van der Waals surface area contributed by atoms with E-state index < -0.39 is 0 Å². The summed E-state index contributed by atoms with van der Waals surface area (Å²) in [6.07, 6.45) is 1.51. The summed E-state index contributed by atoms with van der Waals surface area (Å²) in [4.78, 5) is 14.5. The first-order chi connectivity index (χ1) is 17.2. The quantitative estimate of drug-likeness (QED) is 0.350. The highest BCUT2D eigenvalue weighted by Crippen LogP contribution is 2.25. The average Bonchev–Trinajstić information content (AvgIpc) is 3.24. The summed E-state index contributed by atoms with van der Waals surface area (Å²) in [5, 5.41) is 17.1. The molecule has 4 aromatic rings. The number of rotatable bonds is 8. The summed E-state index contributed by atoms with van der Waals surface area (Å²) in [5.41, 5.74) is 4.16. The number of benzene rings is 2. The Morgan fingerprint density at radius 2 is 1.97 bits per heavy atom. The molecule has 1 aliphatic rings. The van der Waals surface area contributed by atoms with E-state index in [2.05, 4.69) is 42.6 Å². The molecule has 0 unspecified atom stereocenters. The zero-order valence-electron chi connectivity index (χ0n) is 19.5. The Morgan fingerprint density at radius 3 is 2.83 bits per heavy atom. The number of nitriles is 1. The largest absolute Gasteiger partial charge is 0.492 e. The van der Waals surface area contributed by atoms with Gasteiger partial charge in [0, 0.05) is 53.7 Å². The summed E-state index contributed by atoms with van der Waals surface area (Å²) in [6, 6.07) is 17.9. The van der Waals surface area contributed by atoms with Crippen molar-refractivity contribution in [3.05, 3.63) is 66.0 Å². The third-order valence-corrected chi connectivity index (χ3v) is 5.80. The van der Waals surface area contributed by atoms with Gasteiger partial charge in [-0.05, 0) is 43.3 Å². The molecule has 0 saturated carbocycles. The predicted octanol–water partition coefficient (Wildman–Crippen LogP) is 4.34. The summed E-state index contributed by atoms with van der Waals surface area (Å²) in [6.45, 7) is 6.93. The molecule has 35 heavy (non-hydrogen) atoms. The summed E-state index contributed by atoms with van der Waals surface area (Å²) >= 11 is 0. The van der Waals surface area contributed by atoms with Crippen LogP contribution in [0.25, 0.3) is 10.9 Å². The van der Waals surface area contributed by atoms with E-state index in [1.54, 1.807) is 0 Å². The molecule has 9 nitrogen and oxygen atoms in total. The molecule has 1 saturated heterocycles. The maximum absolute atomic E-state index is 9.54. The van der Waals surface area contributed by atoms with Crippen LogP contribution < -0.4 is 15.4 Å². The Bertz CT molecular complexity index is 1360. The second-order valence-corrected chi connectivity index (χ2v) is 8.40. The van der Waals surface area contributed by atoms with Crippen LogP contribution in [0, 0.1) is 18.3 Å². The Labute approximate surface area is 203 Å². The normalized spacial score (nSPS) is 13.9. The van der Waals surface area contributed by atoms with Gasteiger partial charge in [0.2, 0.25) is 5.95 Å². The highest BCUT2D eigenvalue weighted by atomic mass is 16.5. The van der Waals surface area contributed by atoms with Crippen molar-refractivity contribution >= 4 is 34.0 Å². The van der Waals surface area contributed by atoms with Gasteiger partial charge in [-0.1, -0.05) is 6.07 Å². The van der Waals surface area contributed by atoms with Crippen molar-refractivity contribution in [1.29, 1.82) is 5.26 Å². The van der Waals surface area contributed by atoms with E-state index in [0.29, 0.717) is 23.9 Å². The minimum atomic E-state index is 0.362. The molecule has 3 N–H and O–H groups in total. The van der Waals surface area contributed by atoms with Crippen molar-refractivity contribution in [2.24, 2.45) is 0 Å². The number of aromatic amines is 1. The third kappa shape index (κ3) is 5.69. The van der Waals surface area contributed by atoms with Crippen LogP contribution in [0.4, 0.5) is 23.1 Å². The number of ether oxygens (including phenoxy) is 2. The molecular weight excluding hydrogens is 442 g/mol. The highest BCUT2D eigenvalue weighted by molar-refractivity contribution is 5.85. The van der Waals surface area contributed by atoms with E-state index in [1.165, 1.54) is 6.20 Å². The topological polar surface area (TPSA) is 111 Å². The van der Waals surface area contributed by atoms with Gasteiger partial charge in [-0.15, -0.1) is 0 Å². The Balaban J connectivity index is 1.26. The number of nitrogens with zero attached hydrogens (tertiary/aromatic N) is 4. The highest BCUT2D eigenvalue weighted by Gasteiger charge is 2.11. The van der Waals surface area contributed by atoms with Crippen LogP contribution in [-0.4, -0.2) is 59.3 Å². The van der Waals surface area contributed by atoms with Gasteiger partial charge in [-0.2, -0.15) is 10.2 Å². The van der Waals surface area contributed by atoms with Crippen LogP contribution in [0.1, 0.15) is 11.3 Å². The maximum atomic E-state index is 9.54. The van der Waals surface area contributed by atoms with Gasteiger partial charge in [0.1, 0.15) is 24.0 Å². The Morgan fingerprint density at radius 1 is 1.11 bits per heavy atom. The molecule has 2 aromatic carbocycles. The molecule has 0 aliphatic carbocycles. The van der Waals surface area contributed by atoms with E-state index in [-0.39, 0.29) is 0 Å². The number of aromatic nitrogens is 3. The SMILES string of the molecule is Cc1cc2cc(Nc3nc(Nc4cccc(OCCN5CCOCC5)c4)ncc3C#N)ccc2[nH]1. The number of morpholine rings is 1. The van der Waals surface area contributed by atoms with Crippen LogP contribution in [-0.2, 0) is 4.74 Å². The zero-order valence-corrected chi connectivity index (χ0v) is 19.5. The Hall–Kier alpha value is -4.13. The molecule has 3 heterocycles. The average molecular weight is 470 g/mol. The molecular formula is C26H27N7O2. The van der Waals surface area contributed by atoms with Gasteiger partial charge in [0.05, 0.1) is 19.4 Å². The first kappa shape index (κ1) is 22.7. The van der Waals surface area contributed by atoms with Gasteiger partial charge < -0.3 is 25.1 Å². The molecule has 1 fully saturated rings. The first-order valence-corrected chi connectivity index (χ1v) is 11.6. The monoisotopic (exact) mass is 469 g/mol. The second kappa shape index (κ2) is 10.4. The lowest BCUT2D eigenvalue weighted by atomic mass is 10.2. The predicted molar refractivity (Wildman–Crippen MR) is 136 cm³/mol. The van der Waals surface area contributed by atoms with Crippen LogP contribution >= 0.6 is 0 Å². The second-order valence-electron chi connectivity index (χ2n) is 8.40. The maximum Gasteiger partial charge on any atom is 0.229 e. The number of fused-ring (bicyclic) bond motifs is 1. The van der Waals surface area contributed by atoms with Gasteiger partial charge in [-0.25, -0.2) is 4.98 Å². The van der Waals surface area contributed by atoms with Gasteiger partial charge in [0.25, 0.3) is 0 Å². The molecule has 2 aromatic heterocycles. The molecule has 0 spiro atoms. The minimum absolute atomic E-state index is 0.362.